The molecule has 26 heavy (non-hydrogen) atoms. The summed E-state index contributed by atoms with van der Waals surface area (Å²) in [5.41, 5.74) is 0.136. The van der Waals surface area contributed by atoms with Crippen LogP contribution in [0.1, 0.15) is 23.2 Å². The average molecular weight is 387 g/mol. The molecule has 0 radical (unpaired) electrons. The van der Waals surface area contributed by atoms with E-state index in [1.807, 2.05) is 0 Å². The summed E-state index contributed by atoms with van der Waals surface area (Å²) in [5, 5.41) is 2.16. The molecule has 0 aliphatic carbocycles. The Morgan fingerprint density at radius 1 is 1.00 bits per heavy atom. The minimum atomic E-state index is -6.51. The van der Waals surface area contributed by atoms with Gasteiger partial charge in [-0.05, 0) is 25.0 Å². The van der Waals surface area contributed by atoms with Gasteiger partial charge in [0.15, 0.2) is 6.10 Å². The predicted molar refractivity (Wildman–Crippen MR) is 72.8 cm³/mol. The van der Waals surface area contributed by atoms with Crippen molar-refractivity contribution in [1.29, 1.82) is 0 Å². The van der Waals surface area contributed by atoms with Crippen molar-refractivity contribution in [2.45, 2.75) is 43.0 Å². The number of esters is 1. The summed E-state index contributed by atoms with van der Waals surface area (Å²) in [7, 11) is 0. The molecule has 0 bridgehead atoms. The number of benzene rings is 1. The number of nitrogens with one attached hydrogen (secondary N) is 1. The molecule has 1 amide bonds. The van der Waals surface area contributed by atoms with Crippen LogP contribution in [0.5, 0.6) is 0 Å². The van der Waals surface area contributed by atoms with Gasteiger partial charge in [0.2, 0.25) is 0 Å². The van der Waals surface area contributed by atoms with E-state index in [-0.39, 0.29) is 5.56 Å². The molecule has 1 heterocycles. The van der Waals surface area contributed by atoms with E-state index in [1.54, 1.807) is 6.07 Å². The standard InChI is InChI=1S/C15H12F7NO3/c16-13(17,14(18,19)15(20,21)22)10-7-6-9(12(25)26-10)23-11(24)8-4-2-1-3-5-8/h1-5,9-10H,6-7H2,(H,23,24)/t9-,10-/m0/s1. The van der Waals surface area contributed by atoms with Crippen LogP contribution in [0.4, 0.5) is 30.7 Å². The Labute approximate surface area is 142 Å². The molecule has 1 aliphatic heterocycles. The Hall–Kier alpha value is -2.33. The fraction of sp³-hybridized carbons (Fsp3) is 0.467. The molecule has 0 unspecified atom stereocenters. The monoisotopic (exact) mass is 387 g/mol. The molecule has 1 aromatic carbocycles. The highest BCUT2D eigenvalue weighted by Crippen LogP contribution is 2.50. The van der Waals surface area contributed by atoms with E-state index >= 15 is 0 Å². The minimum absolute atomic E-state index is 0.136. The maximum absolute atomic E-state index is 13.6. The molecule has 1 fully saturated rings. The molecule has 1 saturated heterocycles. The highest BCUT2D eigenvalue weighted by molar-refractivity contribution is 5.96. The summed E-state index contributed by atoms with van der Waals surface area (Å²) < 4.78 is 93.8. The fourth-order valence-electron chi connectivity index (χ4n) is 2.33. The summed E-state index contributed by atoms with van der Waals surface area (Å²) in [6.07, 6.45) is -11.0. The first-order chi connectivity index (χ1) is 11.9. The van der Waals surface area contributed by atoms with Gasteiger partial charge in [0, 0.05) is 5.56 Å². The van der Waals surface area contributed by atoms with E-state index in [9.17, 15) is 40.3 Å². The zero-order chi connectivity index (χ0) is 19.8. The van der Waals surface area contributed by atoms with E-state index in [1.165, 1.54) is 24.3 Å². The van der Waals surface area contributed by atoms with Crippen molar-refractivity contribution in [2.75, 3.05) is 0 Å². The average Bonchev–Trinajstić information content (AvgIpc) is 2.56. The number of hydrogen-bond acceptors (Lipinski definition) is 3. The predicted octanol–water partition coefficient (Wildman–Crippen LogP) is 3.32. The second-order valence-corrected chi connectivity index (χ2v) is 5.59. The number of halogens is 7. The molecular weight excluding hydrogens is 375 g/mol. The number of alkyl halides is 7. The summed E-state index contributed by atoms with van der Waals surface area (Å²) in [6.45, 7) is 0. The van der Waals surface area contributed by atoms with Crippen molar-refractivity contribution in [1.82, 2.24) is 5.32 Å². The molecule has 11 heteroatoms. The third-order valence-corrected chi connectivity index (χ3v) is 3.78. The summed E-state index contributed by atoms with van der Waals surface area (Å²) in [4.78, 5) is 23.6. The zero-order valence-electron chi connectivity index (χ0n) is 12.8. The number of rotatable bonds is 4. The summed E-state index contributed by atoms with van der Waals surface area (Å²) in [6, 6.07) is 6.00. The fourth-order valence-corrected chi connectivity index (χ4v) is 2.33. The van der Waals surface area contributed by atoms with E-state index in [4.69, 9.17) is 0 Å². The third-order valence-electron chi connectivity index (χ3n) is 3.78. The van der Waals surface area contributed by atoms with Crippen molar-refractivity contribution in [2.24, 2.45) is 0 Å². The maximum atomic E-state index is 13.6. The highest BCUT2D eigenvalue weighted by atomic mass is 19.4. The van der Waals surface area contributed by atoms with Crippen molar-refractivity contribution in [3.8, 4) is 0 Å². The lowest BCUT2D eigenvalue weighted by Gasteiger charge is -2.37. The number of cyclic esters (lactones) is 1. The van der Waals surface area contributed by atoms with Gasteiger partial charge in [-0.15, -0.1) is 0 Å². The molecule has 1 N–H and O–H groups in total. The van der Waals surface area contributed by atoms with Crippen molar-refractivity contribution in [3.05, 3.63) is 35.9 Å². The Balaban J connectivity index is 2.06. The smallest absolute Gasteiger partial charge is 0.454 e. The number of amides is 1. The quantitative estimate of drug-likeness (QED) is 0.637. The lowest BCUT2D eigenvalue weighted by Crippen LogP contribution is -2.61. The topological polar surface area (TPSA) is 55.4 Å². The molecule has 2 rings (SSSR count). The molecule has 4 nitrogen and oxygen atoms in total. The second-order valence-electron chi connectivity index (χ2n) is 5.59. The van der Waals surface area contributed by atoms with Gasteiger partial charge in [-0.25, -0.2) is 4.79 Å². The largest absolute Gasteiger partial charge is 0.460 e. The van der Waals surface area contributed by atoms with Gasteiger partial charge in [0.05, 0.1) is 0 Å². The van der Waals surface area contributed by atoms with Crippen LogP contribution < -0.4 is 5.32 Å². The SMILES string of the molecule is O=C(N[C@H]1CC[C@@H](C(F)(F)C(F)(F)C(F)(F)F)OC1=O)c1ccccc1. The van der Waals surface area contributed by atoms with Gasteiger partial charge in [0.25, 0.3) is 5.91 Å². The highest BCUT2D eigenvalue weighted by Gasteiger charge is 2.76. The second kappa shape index (κ2) is 6.76. The van der Waals surface area contributed by atoms with Gasteiger partial charge in [-0.1, -0.05) is 18.2 Å². The Morgan fingerprint density at radius 3 is 2.08 bits per heavy atom. The lowest BCUT2D eigenvalue weighted by atomic mass is 9.95. The van der Waals surface area contributed by atoms with Crippen molar-refractivity contribution < 1.29 is 45.1 Å². The van der Waals surface area contributed by atoms with Gasteiger partial charge in [0.1, 0.15) is 6.04 Å². The van der Waals surface area contributed by atoms with E-state index < -0.39 is 54.9 Å². The third kappa shape index (κ3) is 3.61. The molecule has 0 aromatic heterocycles. The van der Waals surface area contributed by atoms with Crippen LogP contribution in [-0.2, 0) is 9.53 Å². The van der Waals surface area contributed by atoms with Gasteiger partial charge in [-0.3, -0.25) is 4.79 Å². The van der Waals surface area contributed by atoms with Gasteiger partial charge >= 0.3 is 24.0 Å². The Morgan fingerprint density at radius 2 is 1.58 bits per heavy atom. The first kappa shape index (κ1) is 20.0. The van der Waals surface area contributed by atoms with Crippen LogP contribution in [-0.4, -0.2) is 42.0 Å². The van der Waals surface area contributed by atoms with Crippen LogP contribution in [0, 0.1) is 0 Å². The molecule has 2 atom stereocenters. The van der Waals surface area contributed by atoms with Crippen LogP contribution in [0.25, 0.3) is 0 Å². The summed E-state index contributed by atoms with van der Waals surface area (Å²) >= 11 is 0. The number of carbonyl (C=O) groups is 2. The maximum Gasteiger partial charge on any atom is 0.460 e. The zero-order valence-corrected chi connectivity index (χ0v) is 12.8. The minimum Gasteiger partial charge on any atom is -0.454 e. The van der Waals surface area contributed by atoms with Gasteiger partial charge < -0.3 is 10.1 Å². The van der Waals surface area contributed by atoms with E-state index in [2.05, 4.69) is 10.1 Å². The van der Waals surface area contributed by atoms with Gasteiger partial charge in [-0.2, -0.15) is 30.7 Å². The van der Waals surface area contributed by atoms with E-state index in [0.717, 1.165) is 0 Å². The number of hydrogen-bond donors (Lipinski definition) is 1. The van der Waals surface area contributed by atoms with Crippen molar-refractivity contribution in [3.63, 3.8) is 0 Å². The van der Waals surface area contributed by atoms with Crippen LogP contribution in [0.2, 0.25) is 0 Å². The molecular formula is C15H12F7NO3. The van der Waals surface area contributed by atoms with Crippen LogP contribution >= 0.6 is 0 Å². The van der Waals surface area contributed by atoms with E-state index in [0.29, 0.717) is 0 Å². The molecule has 144 valence electrons. The lowest BCUT2D eigenvalue weighted by molar-refractivity contribution is -0.372. The number of carbonyl (C=O) groups excluding carboxylic acids is 2. The molecule has 1 aromatic rings. The first-order valence-corrected chi connectivity index (χ1v) is 7.26. The molecule has 0 spiro atoms. The van der Waals surface area contributed by atoms with Crippen LogP contribution in [0.15, 0.2) is 30.3 Å². The summed E-state index contributed by atoms with van der Waals surface area (Å²) in [5.74, 6) is -14.3. The molecule has 1 aliphatic rings. The number of ether oxygens (including phenoxy) is 1. The molecule has 0 saturated carbocycles. The van der Waals surface area contributed by atoms with Crippen LogP contribution in [0.3, 0.4) is 0 Å². The Kier molecular flexibility index (Phi) is 5.20. The van der Waals surface area contributed by atoms with Crippen molar-refractivity contribution >= 4 is 11.9 Å². The normalized spacial score (nSPS) is 21.9. The Bertz CT molecular complexity index is 676. The first-order valence-electron chi connectivity index (χ1n) is 7.26.